The molecule has 0 aromatic heterocycles. The van der Waals surface area contributed by atoms with Crippen molar-refractivity contribution in [1.82, 2.24) is 0 Å². The number of rotatable bonds is 8. The highest BCUT2D eigenvalue weighted by Gasteiger charge is 2.33. The summed E-state index contributed by atoms with van der Waals surface area (Å²) < 4.78 is 11.3. The lowest BCUT2D eigenvalue weighted by atomic mass is 10.1. The minimum atomic E-state index is -0.598. The van der Waals surface area contributed by atoms with Crippen molar-refractivity contribution in [3.63, 3.8) is 0 Å². The van der Waals surface area contributed by atoms with Crippen LogP contribution in [0.3, 0.4) is 0 Å². The number of aryl methyl sites for hydroxylation is 2. The van der Waals surface area contributed by atoms with Crippen LogP contribution in [-0.2, 0) is 22.6 Å². The van der Waals surface area contributed by atoms with Crippen LogP contribution in [-0.4, -0.2) is 22.7 Å². The molecular weight excluding hydrogens is 470 g/mol. The van der Waals surface area contributed by atoms with E-state index in [0.717, 1.165) is 17.5 Å². The standard InChI is InChI=1S/C30H29NO4S/c1-4-21-13-15-24(16-14-21)31-29-27(30(33)34-5-2)28(32)26(36-29)18-23-11-6-7-12-25(23)35-19-22-10-8-9-20(3)17-22/h6-18,32H,4-5,19H2,1-3H3/b26-18+,31-29?. The third kappa shape index (κ3) is 6.07. The molecule has 1 N–H and O–H groups in total. The largest absolute Gasteiger partial charge is 0.506 e. The van der Waals surface area contributed by atoms with Crippen molar-refractivity contribution in [3.8, 4) is 5.75 Å². The Morgan fingerprint density at radius 1 is 1.00 bits per heavy atom. The zero-order valence-corrected chi connectivity index (χ0v) is 21.5. The Hall–Kier alpha value is -3.77. The summed E-state index contributed by atoms with van der Waals surface area (Å²) >= 11 is 1.24. The van der Waals surface area contributed by atoms with E-state index < -0.39 is 5.97 Å². The van der Waals surface area contributed by atoms with Gasteiger partial charge in [0.1, 0.15) is 28.7 Å². The van der Waals surface area contributed by atoms with Crippen molar-refractivity contribution in [1.29, 1.82) is 0 Å². The van der Waals surface area contributed by atoms with Crippen molar-refractivity contribution in [2.24, 2.45) is 4.99 Å². The molecule has 1 aliphatic rings. The van der Waals surface area contributed by atoms with Crippen LogP contribution in [0.1, 0.15) is 36.1 Å². The van der Waals surface area contributed by atoms with Gasteiger partial charge in [0.15, 0.2) is 0 Å². The fraction of sp³-hybridized carbons (Fsp3) is 0.200. The number of hydrogen-bond acceptors (Lipinski definition) is 6. The summed E-state index contributed by atoms with van der Waals surface area (Å²) in [5, 5.41) is 11.4. The van der Waals surface area contributed by atoms with E-state index in [1.807, 2.05) is 79.7 Å². The Balaban J connectivity index is 1.65. The molecule has 3 aromatic carbocycles. The number of carbonyl (C=O) groups is 1. The topological polar surface area (TPSA) is 68.1 Å². The lowest BCUT2D eigenvalue weighted by Crippen LogP contribution is -2.12. The van der Waals surface area contributed by atoms with Crippen molar-refractivity contribution in [3.05, 3.63) is 111 Å². The molecule has 0 radical (unpaired) electrons. The third-order valence-corrected chi connectivity index (χ3v) is 6.65. The molecule has 0 aliphatic carbocycles. The zero-order chi connectivity index (χ0) is 25.5. The summed E-state index contributed by atoms with van der Waals surface area (Å²) in [6, 6.07) is 23.6. The van der Waals surface area contributed by atoms with Gasteiger partial charge in [-0.15, -0.1) is 0 Å². The van der Waals surface area contributed by atoms with Gasteiger partial charge in [0, 0.05) is 5.56 Å². The van der Waals surface area contributed by atoms with Crippen LogP contribution in [0.5, 0.6) is 5.75 Å². The Kier molecular flexibility index (Phi) is 8.28. The number of aliphatic imine (C=N–C) groups is 1. The van der Waals surface area contributed by atoms with Crippen molar-refractivity contribution >= 4 is 34.5 Å². The van der Waals surface area contributed by atoms with Gasteiger partial charge < -0.3 is 14.6 Å². The van der Waals surface area contributed by atoms with Gasteiger partial charge in [-0.25, -0.2) is 9.79 Å². The van der Waals surface area contributed by atoms with Gasteiger partial charge in [-0.05, 0) is 55.7 Å². The quantitative estimate of drug-likeness (QED) is 0.329. The van der Waals surface area contributed by atoms with E-state index >= 15 is 0 Å². The summed E-state index contributed by atoms with van der Waals surface area (Å²) in [7, 11) is 0. The van der Waals surface area contributed by atoms with Crippen molar-refractivity contribution < 1.29 is 19.4 Å². The minimum absolute atomic E-state index is 0.0748. The van der Waals surface area contributed by atoms with E-state index in [1.54, 1.807) is 6.92 Å². The number of thioether (sulfide) groups is 1. The molecule has 4 rings (SSSR count). The van der Waals surface area contributed by atoms with Gasteiger partial charge in [-0.2, -0.15) is 0 Å². The van der Waals surface area contributed by atoms with Crippen LogP contribution in [0.25, 0.3) is 6.08 Å². The summed E-state index contributed by atoms with van der Waals surface area (Å²) in [6.45, 7) is 6.49. The number of ether oxygens (including phenoxy) is 2. The molecule has 0 atom stereocenters. The molecule has 6 heteroatoms. The summed E-state index contributed by atoms with van der Waals surface area (Å²) in [6.07, 6.45) is 2.74. The first-order valence-corrected chi connectivity index (χ1v) is 12.8. The fourth-order valence-electron chi connectivity index (χ4n) is 3.75. The maximum atomic E-state index is 12.7. The maximum Gasteiger partial charge on any atom is 0.344 e. The second kappa shape index (κ2) is 11.8. The predicted molar refractivity (Wildman–Crippen MR) is 147 cm³/mol. The normalized spacial score (nSPS) is 15.5. The van der Waals surface area contributed by atoms with Gasteiger partial charge >= 0.3 is 5.97 Å². The van der Waals surface area contributed by atoms with E-state index in [1.165, 1.54) is 22.9 Å². The van der Waals surface area contributed by atoms with E-state index in [2.05, 4.69) is 18.0 Å². The van der Waals surface area contributed by atoms with Crippen LogP contribution in [0, 0.1) is 6.92 Å². The molecular formula is C30H29NO4S. The highest BCUT2D eigenvalue weighted by atomic mass is 32.2. The second-order valence-electron chi connectivity index (χ2n) is 8.31. The van der Waals surface area contributed by atoms with Crippen LogP contribution in [0.2, 0.25) is 0 Å². The Bertz CT molecular complexity index is 1340. The van der Waals surface area contributed by atoms with Crippen molar-refractivity contribution in [2.75, 3.05) is 6.61 Å². The summed E-state index contributed by atoms with van der Waals surface area (Å²) in [5.41, 5.74) is 5.01. The first-order chi connectivity index (χ1) is 17.5. The van der Waals surface area contributed by atoms with Gasteiger partial charge in [-0.3, -0.25) is 0 Å². The lowest BCUT2D eigenvalue weighted by Gasteiger charge is -2.10. The fourth-order valence-corrected chi connectivity index (χ4v) is 4.78. The van der Waals surface area contributed by atoms with Crippen LogP contribution in [0.15, 0.2) is 94.0 Å². The highest BCUT2D eigenvalue weighted by molar-refractivity contribution is 8.18. The predicted octanol–water partition coefficient (Wildman–Crippen LogP) is 7.33. The SMILES string of the molecule is CCOC(=O)C1=C(O)/C(=C\c2ccccc2OCc2cccc(C)c2)SC1=Nc1ccc(CC)cc1. The Morgan fingerprint density at radius 3 is 2.50 bits per heavy atom. The Morgan fingerprint density at radius 2 is 1.78 bits per heavy atom. The molecule has 0 amide bonds. The maximum absolute atomic E-state index is 12.7. The molecule has 3 aromatic rings. The summed E-state index contributed by atoms with van der Waals surface area (Å²) in [4.78, 5) is 17.9. The molecule has 1 aliphatic heterocycles. The number of esters is 1. The number of hydrogen-bond donors (Lipinski definition) is 1. The molecule has 1 heterocycles. The monoisotopic (exact) mass is 499 g/mol. The van der Waals surface area contributed by atoms with Crippen molar-refractivity contribution in [2.45, 2.75) is 33.8 Å². The molecule has 0 saturated heterocycles. The number of benzene rings is 3. The highest BCUT2D eigenvalue weighted by Crippen LogP contribution is 2.41. The van der Waals surface area contributed by atoms with E-state index in [-0.39, 0.29) is 17.9 Å². The van der Waals surface area contributed by atoms with Gasteiger partial charge in [0.25, 0.3) is 0 Å². The zero-order valence-electron chi connectivity index (χ0n) is 20.7. The number of aliphatic hydroxyl groups excluding tert-OH is 1. The van der Waals surface area contributed by atoms with Gasteiger partial charge in [0.2, 0.25) is 0 Å². The molecule has 0 fully saturated rings. The number of aliphatic hydroxyl groups is 1. The van der Waals surface area contributed by atoms with E-state index in [0.29, 0.717) is 28.0 Å². The molecule has 36 heavy (non-hydrogen) atoms. The molecule has 0 spiro atoms. The number of para-hydroxylation sites is 1. The molecule has 0 bridgehead atoms. The van der Waals surface area contributed by atoms with Crippen LogP contribution in [0.4, 0.5) is 5.69 Å². The van der Waals surface area contributed by atoms with Crippen LogP contribution >= 0.6 is 11.8 Å². The number of carbonyl (C=O) groups excluding carboxylic acids is 1. The molecule has 184 valence electrons. The van der Waals surface area contributed by atoms with E-state index in [9.17, 15) is 9.90 Å². The summed E-state index contributed by atoms with van der Waals surface area (Å²) in [5.74, 6) is -0.0622. The van der Waals surface area contributed by atoms with Gasteiger partial charge in [0.05, 0.1) is 17.2 Å². The third-order valence-electron chi connectivity index (χ3n) is 5.63. The minimum Gasteiger partial charge on any atom is -0.506 e. The Labute approximate surface area is 216 Å². The second-order valence-corrected chi connectivity index (χ2v) is 9.34. The lowest BCUT2D eigenvalue weighted by molar-refractivity contribution is -0.138. The average molecular weight is 500 g/mol. The smallest absolute Gasteiger partial charge is 0.344 e. The van der Waals surface area contributed by atoms with Crippen LogP contribution < -0.4 is 4.74 Å². The average Bonchev–Trinajstić information content (AvgIpc) is 3.18. The van der Waals surface area contributed by atoms with E-state index in [4.69, 9.17) is 9.47 Å². The van der Waals surface area contributed by atoms with Gasteiger partial charge in [-0.1, -0.05) is 78.8 Å². The molecule has 0 unspecified atom stereocenters. The number of nitrogens with zero attached hydrogens (tertiary/aromatic N) is 1. The molecule has 0 saturated carbocycles. The first-order valence-electron chi connectivity index (χ1n) is 11.9. The molecule has 5 nitrogen and oxygen atoms in total. The first kappa shape index (κ1) is 25.3.